The van der Waals surface area contributed by atoms with Crippen LogP contribution in [0.4, 0.5) is 17.6 Å². The van der Waals surface area contributed by atoms with Crippen LogP contribution in [0.2, 0.25) is 0 Å². The summed E-state index contributed by atoms with van der Waals surface area (Å²) in [7, 11) is 0. The second-order valence-corrected chi connectivity index (χ2v) is 4.76. The highest BCUT2D eigenvalue weighted by molar-refractivity contribution is 5.85. The average molecular weight is 332 g/mol. The van der Waals surface area contributed by atoms with Crippen molar-refractivity contribution in [1.82, 2.24) is 0 Å². The van der Waals surface area contributed by atoms with E-state index < -0.39 is 30.4 Å². The Morgan fingerprint density at radius 1 is 1.19 bits per heavy atom. The average Bonchev–Trinajstić information content (AvgIpc) is 2.37. The Balaban J connectivity index is 0.00000400. The monoisotopic (exact) mass is 331 g/mol. The third kappa shape index (κ3) is 5.01. The minimum Gasteiger partial charge on any atom is -0.428 e. The standard InChI is InChI=1S/C13H17F4NO2.ClH/c1-7(2)11(19)10(18)8-5-3-4-6-9(8)20-13(16,17)12(14)15;/h3-7,10-12,19H,18H2,1-2H3;1H/t10-,11+;/m1./s1. The van der Waals surface area contributed by atoms with Crippen molar-refractivity contribution < 1.29 is 27.4 Å². The molecule has 0 spiro atoms. The van der Waals surface area contributed by atoms with E-state index >= 15 is 0 Å². The second-order valence-electron chi connectivity index (χ2n) is 4.76. The fourth-order valence-electron chi connectivity index (χ4n) is 1.64. The summed E-state index contributed by atoms with van der Waals surface area (Å²) in [4.78, 5) is 0. The van der Waals surface area contributed by atoms with Crippen LogP contribution in [-0.4, -0.2) is 23.7 Å². The van der Waals surface area contributed by atoms with E-state index in [9.17, 15) is 22.7 Å². The van der Waals surface area contributed by atoms with Crippen LogP contribution < -0.4 is 10.5 Å². The molecule has 1 aromatic rings. The van der Waals surface area contributed by atoms with E-state index in [4.69, 9.17) is 5.73 Å². The van der Waals surface area contributed by atoms with Crippen LogP contribution in [-0.2, 0) is 0 Å². The summed E-state index contributed by atoms with van der Waals surface area (Å²) < 4.78 is 54.3. The number of aliphatic hydroxyl groups is 1. The highest BCUT2D eigenvalue weighted by Crippen LogP contribution is 2.33. The fraction of sp³-hybridized carbons (Fsp3) is 0.538. The zero-order chi connectivity index (χ0) is 15.5. The van der Waals surface area contributed by atoms with Crippen LogP contribution >= 0.6 is 12.4 Å². The SMILES string of the molecule is CC(C)[C@H](O)[C@H](N)c1ccccc1OC(F)(F)C(F)F.Cl. The molecule has 0 amide bonds. The van der Waals surface area contributed by atoms with Crippen molar-refractivity contribution in [2.75, 3.05) is 0 Å². The summed E-state index contributed by atoms with van der Waals surface area (Å²) in [5.74, 6) is -0.696. The van der Waals surface area contributed by atoms with Crippen molar-refractivity contribution in [3.05, 3.63) is 29.8 Å². The van der Waals surface area contributed by atoms with Crippen molar-refractivity contribution in [3.8, 4) is 5.75 Å². The number of ether oxygens (including phenoxy) is 1. The number of nitrogens with two attached hydrogens (primary N) is 1. The Labute approximate surface area is 126 Å². The molecule has 0 aromatic heterocycles. The molecule has 122 valence electrons. The van der Waals surface area contributed by atoms with Gasteiger partial charge in [-0.3, -0.25) is 0 Å². The van der Waals surface area contributed by atoms with Crippen LogP contribution in [0, 0.1) is 5.92 Å². The topological polar surface area (TPSA) is 55.5 Å². The van der Waals surface area contributed by atoms with Gasteiger partial charge in [0.25, 0.3) is 0 Å². The van der Waals surface area contributed by atoms with Crippen LogP contribution in [0.15, 0.2) is 24.3 Å². The van der Waals surface area contributed by atoms with E-state index in [1.165, 1.54) is 18.2 Å². The van der Waals surface area contributed by atoms with E-state index in [-0.39, 0.29) is 23.9 Å². The van der Waals surface area contributed by atoms with Gasteiger partial charge in [-0.05, 0) is 12.0 Å². The lowest BCUT2D eigenvalue weighted by Gasteiger charge is -2.25. The predicted octanol–water partition coefficient (Wildman–Crippen LogP) is 3.36. The zero-order valence-electron chi connectivity index (χ0n) is 11.5. The van der Waals surface area contributed by atoms with Gasteiger partial charge in [-0.2, -0.15) is 17.6 Å². The lowest BCUT2D eigenvalue weighted by molar-refractivity contribution is -0.253. The molecule has 0 radical (unpaired) electrons. The Hall–Kier alpha value is -1.05. The second kappa shape index (κ2) is 7.82. The van der Waals surface area contributed by atoms with Gasteiger partial charge in [0, 0.05) is 5.56 Å². The lowest BCUT2D eigenvalue weighted by Crippen LogP contribution is -2.35. The van der Waals surface area contributed by atoms with Crippen LogP contribution in [0.25, 0.3) is 0 Å². The van der Waals surface area contributed by atoms with Crippen LogP contribution in [0.3, 0.4) is 0 Å². The lowest BCUT2D eigenvalue weighted by atomic mass is 9.94. The van der Waals surface area contributed by atoms with Crippen LogP contribution in [0.1, 0.15) is 25.5 Å². The summed E-state index contributed by atoms with van der Waals surface area (Å²) in [5.41, 5.74) is 5.82. The van der Waals surface area contributed by atoms with Gasteiger partial charge >= 0.3 is 12.5 Å². The number of rotatable bonds is 6. The van der Waals surface area contributed by atoms with E-state index in [2.05, 4.69) is 4.74 Å². The molecular weight excluding hydrogens is 314 g/mol. The largest absolute Gasteiger partial charge is 0.461 e. The fourth-order valence-corrected chi connectivity index (χ4v) is 1.64. The molecule has 0 aliphatic heterocycles. The van der Waals surface area contributed by atoms with Gasteiger partial charge in [0.15, 0.2) is 0 Å². The number of hydrogen-bond acceptors (Lipinski definition) is 3. The zero-order valence-corrected chi connectivity index (χ0v) is 12.3. The highest BCUT2D eigenvalue weighted by atomic mass is 35.5. The molecule has 1 rings (SSSR count). The number of para-hydroxylation sites is 1. The predicted molar refractivity (Wildman–Crippen MR) is 73.0 cm³/mol. The van der Waals surface area contributed by atoms with E-state index in [0.717, 1.165) is 6.07 Å². The third-order valence-electron chi connectivity index (χ3n) is 2.83. The molecule has 0 bridgehead atoms. The Morgan fingerprint density at radius 3 is 2.19 bits per heavy atom. The Bertz CT molecular complexity index is 446. The van der Waals surface area contributed by atoms with Crippen molar-refractivity contribution in [2.24, 2.45) is 11.7 Å². The van der Waals surface area contributed by atoms with Gasteiger partial charge in [-0.1, -0.05) is 32.0 Å². The molecule has 1 aromatic carbocycles. The maximum Gasteiger partial charge on any atom is 0.461 e. The normalized spacial score (nSPS) is 14.8. The molecule has 8 heteroatoms. The van der Waals surface area contributed by atoms with Crippen molar-refractivity contribution in [2.45, 2.75) is 38.5 Å². The van der Waals surface area contributed by atoms with E-state index in [1.54, 1.807) is 13.8 Å². The quantitative estimate of drug-likeness (QED) is 0.786. The highest BCUT2D eigenvalue weighted by Gasteiger charge is 2.44. The number of alkyl halides is 4. The molecule has 0 aliphatic carbocycles. The summed E-state index contributed by atoms with van der Waals surface area (Å²) in [5, 5.41) is 9.86. The number of aliphatic hydroxyl groups excluding tert-OH is 1. The molecule has 21 heavy (non-hydrogen) atoms. The first-order valence-electron chi connectivity index (χ1n) is 6.04. The Morgan fingerprint density at radius 2 is 1.71 bits per heavy atom. The molecular formula is C13H18ClF4NO2. The molecule has 0 aliphatic rings. The first-order valence-corrected chi connectivity index (χ1v) is 6.04. The summed E-state index contributed by atoms with van der Waals surface area (Å²) >= 11 is 0. The molecule has 0 saturated heterocycles. The molecule has 0 saturated carbocycles. The van der Waals surface area contributed by atoms with Crippen molar-refractivity contribution in [3.63, 3.8) is 0 Å². The first kappa shape index (κ1) is 19.9. The van der Waals surface area contributed by atoms with Gasteiger partial charge in [-0.15, -0.1) is 12.4 Å². The molecule has 0 heterocycles. The first-order chi connectivity index (χ1) is 9.16. The van der Waals surface area contributed by atoms with Gasteiger partial charge in [0.1, 0.15) is 5.75 Å². The molecule has 2 atom stereocenters. The smallest absolute Gasteiger partial charge is 0.428 e. The van der Waals surface area contributed by atoms with E-state index in [0.29, 0.717) is 0 Å². The number of benzene rings is 1. The van der Waals surface area contributed by atoms with E-state index in [1.807, 2.05) is 0 Å². The van der Waals surface area contributed by atoms with Gasteiger partial charge in [-0.25, -0.2) is 0 Å². The minimum absolute atomic E-state index is 0. The summed E-state index contributed by atoms with van der Waals surface area (Å²) in [6.45, 7) is 3.39. The van der Waals surface area contributed by atoms with Crippen LogP contribution in [0.5, 0.6) is 5.75 Å². The Kier molecular flexibility index (Phi) is 7.43. The van der Waals surface area contributed by atoms with Gasteiger partial charge in [0.05, 0.1) is 12.1 Å². The third-order valence-corrected chi connectivity index (χ3v) is 2.83. The number of hydrogen-bond donors (Lipinski definition) is 2. The maximum absolute atomic E-state index is 13.0. The molecule has 0 unspecified atom stereocenters. The van der Waals surface area contributed by atoms with Gasteiger partial charge in [0.2, 0.25) is 0 Å². The van der Waals surface area contributed by atoms with Crippen molar-refractivity contribution in [1.29, 1.82) is 0 Å². The maximum atomic E-state index is 13.0. The van der Waals surface area contributed by atoms with Crippen molar-refractivity contribution >= 4 is 12.4 Å². The minimum atomic E-state index is -4.61. The number of halogens is 5. The molecule has 0 fully saturated rings. The summed E-state index contributed by atoms with van der Waals surface area (Å²) in [6, 6.07) is 4.30. The summed E-state index contributed by atoms with van der Waals surface area (Å²) in [6.07, 6.45) is -9.58. The van der Waals surface area contributed by atoms with Gasteiger partial charge < -0.3 is 15.6 Å². The molecule has 3 N–H and O–H groups in total. The molecule has 3 nitrogen and oxygen atoms in total.